The average molecular weight is 281 g/mol. The van der Waals surface area contributed by atoms with Gasteiger partial charge in [-0.05, 0) is 31.7 Å². The molecule has 0 aromatic carbocycles. The van der Waals surface area contributed by atoms with Gasteiger partial charge in [0.15, 0.2) is 5.13 Å². The van der Waals surface area contributed by atoms with E-state index in [0.29, 0.717) is 5.92 Å². The summed E-state index contributed by atoms with van der Waals surface area (Å²) in [6, 6.07) is 0. The van der Waals surface area contributed by atoms with Crippen molar-refractivity contribution in [3.05, 3.63) is 11.1 Å². The van der Waals surface area contributed by atoms with Gasteiger partial charge < -0.3 is 10.6 Å². The summed E-state index contributed by atoms with van der Waals surface area (Å²) in [5, 5.41) is 9.12. The van der Waals surface area contributed by atoms with Crippen molar-refractivity contribution in [1.29, 1.82) is 0 Å². The summed E-state index contributed by atoms with van der Waals surface area (Å²) < 4.78 is 0. The van der Waals surface area contributed by atoms with Gasteiger partial charge in [0.2, 0.25) is 5.91 Å². The van der Waals surface area contributed by atoms with Gasteiger partial charge in [-0.1, -0.05) is 27.2 Å². The molecule has 1 unspecified atom stereocenters. The lowest BCUT2D eigenvalue weighted by Gasteiger charge is -2.27. The minimum absolute atomic E-state index is 0.0801. The number of nitrogens with one attached hydrogen (secondary N) is 2. The number of rotatable bonds is 5. The van der Waals surface area contributed by atoms with E-state index in [2.05, 4.69) is 36.4 Å². The van der Waals surface area contributed by atoms with E-state index in [9.17, 15) is 4.79 Å². The number of nitrogens with zero attached hydrogens (tertiary/aromatic N) is 1. The van der Waals surface area contributed by atoms with Crippen LogP contribution in [0.25, 0.3) is 0 Å². The molecule has 106 valence electrons. The number of aromatic nitrogens is 1. The Morgan fingerprint density at radius 2 is 2.42 bits per heavy atom. The van der Waals surface area contributed by atoms with Crippen LogP contribution in [0, 0.1) is 0 Å². The third-order valence-corrected chi connectivity index (χ3v) is 4.47. The van der Waals surface area contributed by atoms with Crippen molar-refractivity contribution in [3.63, 3.8) is 0 Å². The van der Waals surface area contributed by atoms with E-state index in [4.69, 9.17) is 0 Å². The Hall–Kier alpha value is -0.940. The Kier molecular flexibility index (Phi) is 4.58. The van der Waals surface area contributed by atoms with Crippen molar-refractivity contribution < 1.29 is 4.79 Å². The second-order valence-corrected chi connectivity index (χ2v) is 6.41. The molecule has 1 aliphatic rings. The first-order valence-electron chi connectivity index (χ1n) is 7.09. The zero-order chi connectivity index (χ0) is 13.9. The van der Waals surface area contributed by atoms with Gasteiger partial charge in [-0.2, -0.15) is 0 Å². The predicted octanol–water partition coefficient (Wildman–Crippen LogP) is 3.13. The number of carbonyl (C=O) groups is 1. The Morgan fingerprint density at radius 3 is 2.95 bits per heavy atom. The summed E-state index contributed by atoms with van der Waals surface area (Å²) in [5.41, 5.74) is 0.669. The van der Waals surface area contributed by atoms with Crippen LogP contribution in [0.1, 0.15) is 58.1 Å². The largest absolute Gasteiger partial charge is 0.303 e. The van der Waals surface area contributed by atoms with Crippen LogP contribution < -0.4 is 10.6 Å². The maximum absolute atomic E-state index is 12.5. The first-order chi connectivity index (χ1) is 9.07. The van der Waals surface area contributed by atoms with Crippen molar-refractivity contribution in [2.45, 2.75) is 57.9 Å². The van der Waals surface area contributed by atoms with E-state index < -0.39 is 0 Å². The number of hydrogen-bond donors (Lipinski definition) is 2. The Bertz CT molecular complexity index is 436. The fourth-order valence-electron chi connectivity index (χ4n) is 2.58. The molecule has 1 aromatic rings. The molecule has 4 nitrogen and oxygen atoms in total. The molecule has 19 heavy (non-hydrogen) atoms. The van der Waals surface area contributed by atoms with Crippen LogP contribution >= 0.6 is 11.3 Å². The van der Waals surface area contributed by atoms with Gasteiger partial charge in [0, 0.05) is 5.38 Å². The van der Waals surface area contributed by atoms with E-state index in [0.717, 1.165) is 43.1 Å². The molecule has 5 heteroatoms. The van der Waals surface area contributed by atoms with Crippen molar-refractivity contribution in [2.24, 2.45) is 0 Å². The molecule has 0 aliphatic carbocycles. The second-order valence-electron chi connectivity index (χ2n) is 5.55. The molecular formula is C14H23N3OS. The molecule has 1 aliphatic heterocycles. The van der Waals surface area contributed by atoms with Gasteiger partial charge in [-0.25, -0.2) is 4.98 Å². The number of anilines is 1. The minimum atomic E-state index is -0.377. The second kappa shape index (κ2) is 6.01. The predicted molar refractivity (Wildman–Crippen MR) is 79.7 cm³/mol. The number of hydrogen-bond acceptors (Lipinski definition) is 4. The van der Waals surface area contributed by atoms with Crippen LogP contribution in [-0.4, -0.2) is 23.0 Å². The summed E-state index contributed by atoms with van der Waals surface area (Å²) in [7, 11) is 0. The van der Waals surface area contributed by atoms with Gasteiger partial charge in [0.05, 0.1) is 11.2 Å². The smallest absolute Gasteiger partial charge is 0.246 e. The summed E-state index contributed by atoms with van der Waals surface area (Å²) in [6.07, 6.45) is 3.90. The fourth-order valence-corrected chi connectivity index (χ4v) is 3.45. The third kappa shape index (κ3) is 3.15. The molecule has 1 fully saturated rings. The SMILES string of the molecule is CCCC1(C(=O)Nc2nc(C(C)C)cs2)CCCN1. The van der Waals surface area contributed by atoms with Crippen LogP contribution in [0.3, 0.4) is 0 Å². The summed E-state index contributed by atoms with van der Waals surface area (Å²) >= 11 is 1.51. The quantitative estimate of drug-likeness (QED) is 0.872. The number of carbonyl (C=O) groups excluding carboxylic acids is 1. The third-order valence-electron chi connectivity index (χ3n) is 3.69. The molecule has 1 atom stereocenters. The van der Waals surface area contributed by atoms with E-state index in [1.54, 1.807) is 0 Å². The molecular weight excluding hydrogens is 258 g/mol. The zero-order valence-electron chi connectivity index (χ0n) is 12.0. The summed E-state index contributed by atoms with van der Waals surface area (Å²) in [5.74, 6) is 0.479. The van der Waals surface area contributed by atoms with Gasteiger partial charge in [0.25, 0.3) is 0 Å². The lowest BCUT2D eigenvalue weighted by Crippen LogP contribution is -2.50. The highest BCUT2D eigenvalue weighted by atomic mass is 32.1. The van der Waals surface area contributed by atoms with Crippen LogP contribution in [0.15, 0.2) is 5.38 Å². The van der Waals surface area contributed by atoms with Gasteiger partial charge >= 0.3 is 0 Å². The van der Waals surface area contributed by atoms with E-state index in [1.165, 1.54) is 11.3 Å². The van der Waals surface area contributed by atoms with E-state index >= 15 is 0 Å². The maximum Gasteiger partial charge on any atom is 0.246 e. The first-order valence-corrected chi connectivity index (χ1v) is 7.97. The highest BCUT2D eigenvalue weighted by Crippen LogP contribution is 2.28. The standard InChI is InChI=1S/C14H23N3OS/c1-4-6-14(7-5-8-15-14)12(18)17-13-16-11(9-19-13)10(2)3/h9-10,15H,4-8H2,1-3H3,(H,16,17,18). The van der Waals surface area contributed by atoms with E-state index in [-0.39, 0.29) is 11.4 Å². The maximum atomic E-state index is 12.5. The normalized spacial score (nSPS) is 22.9. The van der Waals surface area contributed by atoms with Gasteiger partial charge in [-0.15, -0.1) is 11.3 Å². The lowest BCUT2D eigenvalue weighted by atomic mass is 9.91. The monoisotopic (exact) mass is 281 g/mol. The molecule has 0 saturated carbocycles. The van der Waals surface area contributed by atoms with Crippen LogP contribution in [0.2, 0.25) is 0 Å². The van der Waals surface area contributed by atoms with Crippen molar-refractivity contribution >= 4 is 22.4 Å². The van der Waals surface area contributed by atoms with Gasteiger partial charge in [-0.3, -0.25) is 4.79 Å². The van der Waals surface area contributed by atoms with Crippen LogP contribution in [-0.2, 0) is 4.79 Å². The molecule has 2 heterocycles. The zero-order valence-corrected chi connectivity index (χ0v) is 12.8. The molecule has 0 bridgehead atoms. The molecule has 2 rings (SSSR count). The van der Waals surface area contributed by atoms with Crippen molar-refractivity contribution in [3.8, 4) is 0 Å². The van der Waals surface area contributed by atoms with Crippen LogP contribution in [0.5, 0.6) is 0 Å². The molecule has 2 N–H and O–H groups in total. The number of thiazole rings is 1. The Balaban J connectivity index is 2.06. The van der Waals surface area contributed by atoms with Gasteiger partial charge in [0.1, 0.15) is 0 Å². The van der Waals surface area contributed by atoms with Crippen molar-refractivity contribution in [2.75, 3.05) is 11.9 Å². The highest BCUT2D eigenvalue weighted by Gasteiger charge is 2.40. The lowest BCUT2D eigenvalue weighted by molar-refractivity contribution is -0.122. The fraction of sp³-hybridized carbons (Fsp3) is 0.714. The molecule has 1 saturated heterocycles. The topological polar surface area (TPSA) is 54.0 Å². The molecule has 1 amide bonds. The first kappa shape index (κ1) is 14.5. The molecule has 0 radical (unpaired) electrons. The summed E-state index contributed by atoms with van der Waals surface area (Å²) in [6.45, 7) is 7.27. The van der Waals surface area contributed by atoms with Crippen molar-refractivity contribution in [1.82, 2.24) is 10.3 Å². The van der Waals surface area contributed by atoms with Crippen LogP contribution in [0.4, 0.5) is 5.13 Å². The average Bonchev–Trinajstić information content (AvgIpc) is 2.99. The summed E-state index contributed by atoms with van der Waals surface area (Å²) in [4.78, 5) is 17.0. The molecule has 0 spiro atoms. The van der Waals surface area contributed by atoms with E-state index in [1.807, 2.05) is 5.38 Å². The Labute approximate surface area is 119 Å². The highest BCUT2D eigenvalue weighted by molar-refractivity contribution is 7.13. The Morgan fingerprint density at radius 1 is 1.63 bits per heavy atom. The molecule has 1 aromatic heterocycles. The minimum Gasteiger partial charge on any atom is -0.303 e. The number of amides is 1.